The Morgan fingerprint density at radius 1 is 1.14 bits per heavy atom. The van der Waals surface area contributed by atoms with E-state index in [-0.39, 0.29) is 18.6 Å². The summed E-state index contributed by atoms with van der Waals surface area (Å²) in [5.74, 6) is 2.04. The molecule has 0 fully saturated rings. The molecule has 6 heteroatoms. The number of amides is 1. The highest BCUT2D eigenvalue weighted by Gasteiger charge is 2.13. The van der Waals surface area contributed by atoms with E-state index in [9.17, 15) is 4.79 Å². The second-order valence-electron chi connectivity index (χ2n) is 5.27. The number of fused-ring (bicyclic) bond motifs is 1. The molecule has 0 unspecified atom stereocenters. The Balaban J connectivity index is 1.67. The fourth-order valence-corrected chi connectivity index (χ4v) is 1.95. The summed E-state index contributed by atoms with van der Waals surface area (Å²) in [6, 6.07) is 9.22. The largest absolute Gasteiger partial charge is 0.454 e. The van der Waals surface area contributed by atoms with E-state index in [1.807, 2.05) is 38.1 Å². The summed E-state index contributed by atoms with van der Waals surface area (Å²) >= 11 is 0. The van der Waals surface area contributed by atoms with Crippen LogP contribution in [0.1, 0.15) is 13.8 Å². The maximum absolute atomic E-state index is 11.6. The average Bonchev–Trinajstić information content (AvgIpc) is 2.96. The van der Waals surface area contributed by atoms with Crippen molar-refractivity contribution in [3.05, 3.63) is 36.5 Å². The second-order valence-corrected chi connectivity index (χ2v) is 5.27. The molecule has 1 amide bonds. The van der Waals surface area contributed by atoms with Crippen LogP contribution in [-0.2, 0) is 4.79 Å². The number of hydrogen-bond acceptors (Lipinski definition) is 5. The molecule has 1 aromatic heterocycles. The van der Waals surface area contributed by atoms with Crippen LogP contribution in [0.2, 0.25) is 0 Å². The number of carbonyl (C=O) groups excluding carboxylic acids is 1. The van der Waals surface area contributed by atoms with Gasteiger partial charge < -0.3 is 20.1 Å². The van der Waals surface area contributed by atoms with Gasteiger partial charge in [-0.05, 0) is 24.3 Å². The molecule has 0 saturated heterocycles. The second kappa shape index (κ2) is 5.93. The van der Waals surface area contributed by atoms with Crippen LogP contribution in [0.4, 0.5) is 17.2 Å². The van der Waals surface area contributed by atoms with E-state index in [2.05, 4.69) is 15.6 Å². The number of anilines is 3. The molecule has 2 N–H and O–H groups in total. The Morgan fingerprint density at radius 2 is 1.91 bits per heavy atom. The first-order valence-electron chi connectivity index (χ1n) is 7.05. The first-order valence-corrected chi connectivity index (χ1v) is 7.05. The fourth-order valence-electron chi connectivity index (χ4n) is 1.95. The van der Waals surface area contributed by atoms with Crippen LogP contribution in [0.25, 0.3) is 0 Å². The van der Waals surface area contributed by atoms with Gasteiger partial charge in [-0.3, -0.25) is 4.79 Å². The van der Waals surface area contributed by atoms with Gasteiger partial charge in [0, 0.05) is 17.7 Å². The number of hydrogen-bond donors (Lipinski definition) is 2. The third kappa shape index (κ3) is 3.11. The van der Waals surface area contributed by atoms with Crippen LogP contribution in [-0.4, -0.2) is 17.7 Å². The minimum absolute atomic E-state index is 0.0294. The van der Waals surface area contributed by atoms with Crippen LogP contribution in [0.3, 0.4) is 0 Å². The number of aromatic nitrogens is 1. The quantitative estimate of drug-likeness (QED) is 0.907. The Morgan fingerprint density at radius 3 is 2.64 bits per heavy atom. The summed E-state index contributed by atoms with van der Waals surface area (Å²) in [6.45, 7) is 3.94. The fraction of sp³-hybridized carbons (Fsp3) is 0.250. The number of nitrogens with one attached hydrogen (secondary N) is 2. The molecule has 0 spiro atoms. The normalized spacial score (nSPS) is 12.3. The van der Waals surface area contributed by atoms with Crippen LogP contribution in [0.15, 0.2) is 36.5 Å². The molecule has 0 bridgehead atoms. The average molecular weight is 299 g/mol. The molecule has 0 aliphatic carbocycles. The predicted molar refractivity (Wildman–Crippen MR) is 83.6 cm³/mol. The van der Waals surface area contributed by atoms with E-state index >= 15 is 0 Å². The van der Waals surface area contributed by atoms with E-state index in [0.717, 1.165) is 11.4 Å². The summed E-state index contributed by atoms with van der Waals surface area (Å²) < 4.78 is 10.6. The van der Waals surface area contributed by atoms with E-state index in [4.69, 9.17) is 9.47 Å². The van der Waals surface area contributed by atoms with Crippen LogP contribution in [0.5, 0.6) is 11.5 Å². The third-order valence-corrected chi connectivity index (χ3v) is 3.20. The van der Waals surface area contributed by atoms with Crippen molar-refractivity contribution < 1.29 is 14.3 Å². The summed E-state index contributed by atoms with van der Waals surface area (Å²) in [5.41, 5.74) is 1.53. The van der Waals surface area contributed by atoms with Crippen molar-refractivity contribution in [1.82, 2.24) is 4.98 Å². The van der Waals surface area contributed by atoms with Crippen LogP contribution in [0, 0.1) is 5.92 Å². The van der Waals surface area contributed by atoms with Crippen molar-refractivity contribution >= 4 is 23.1 Å². The lowest BCUT2D eigenvalue weighted by Gasteiger charge is -2.09. The van der Waals surface area contributed by atoms with Crippen molar-refractivity contribution in [2.45, 2.75) is 13.8 Å². The Hall–Kier alpha value is -2.76. The van der Waals surface area contributed by atoms with Crippen molar-refractivity contribution in [2.75, 3.05) is 17.4 Å². The number of nitrogens with zero attached hydrogens (tertiary/aromatic N) is 1. The van der Waals surface area contributed by atoms with Gasteiger partial charge in [0.05, 0.1) is 11.9 Å². The van der Waals surface area contributed by atoms with Gasteiger partial charge >= 0.3 is 0 Å². The van der Waals surface area contributed by atoms with Crippen molar-refractivity contribution in [3.8, 4) is 11.5 Å². The predicted octanol–water partition coefficient (Wildman–Crippen LogP) is 3.15. The van der Waals surface area contributed by atoms with Crippen molar-refractivity contribution in [2.24, 2.45) is 5.92 Å². The minimum Gasteiger partial charge on any atom is -0.454 e. The van der Waals surface area contributed by atoms with E-state index in [1.54, 1.807) is 12.3 Å². The molecule has 1 aliphatic rings. The van der Waals surface area contributed by atoms with Gasteiger partial charge in [0.1, 0.15) is 5.82 Å². The molecule has 2 aromatic rings. The zero-order valence-corrected chi connectivity index (χ0v) is 12.4. The molecular formula is C16H17N3O3. The number of rotatable bonds is 4. The molecule has 1 aliphatic heterocycles. The molecular weight excluding hydrogens is 282 g/mol. The lowest BCUT2D eigenvalue weighted by molar-refractivity contribution is -0.118. The maximum Gasteiger partial charge on any atom is 0.231 e. The van der Waals surface area contributed by atoms with Crippen LogP contribution >= 0.6 is 0 Å². The van der Waals surface area contributed by atoms with Gasteiger partial charge in [-0.1, -0.05) is 13.8 Å². The lowest BCUT2D eigenvalue weighted by atomic mass is 10.2. The van der Waals surface area contributed by atoms with Gasteiger partial charge in [0.25, 0.3) is 0 Å². The topological polar surface area (TPSA) is 72.5 Å². The molecule has 2 heterocycles. The molecule has 0 saturated carbocycles. The summed E-state index contributed by atoms with van der Waals surface area (Å²) in [4.78, 5) is 15.9. The Kier molecular flexibility index (Phi) is 3.82. The summed E-state index contributed by atoms with van der Waals surface area (Å²) in [6.07, 6.45) is 1.62. The van der Waals surface area contributed by atoms with E-state index in [1.165, 1.54) is 0 Å². The molecule has 0 radical (unpaired) electrons. The van der Waals surface area contributed by atoms with Gasteiger partial charge in [0.2, 0.25) is 12.7 Å². The SMILES string of the molecule is CC(C)C(=O)Nc1ccc(Nc2ccc3c(c2)OCO3)nc1. The highest BCUT2D eigenvalue weighted by molar-refractivity contribution is 5.91. The molecule has 114 valence electrons. The highest BCUT2D eigenvalue weighted by atomic mass is 16.7. The number of ether oxygens (including phenoxy) is 2. The van der Waals surface area contributed by atoms with Gasteiger partial charge in [-0.2, -0.15) is 0 Å². The lowest BCUT2D eigenvalue weighted by Crippen LogP contribution is -2.17. The standard InChI is InChI=1S/C16H17N3O3/c1-10(2)16(20)19-12-4-6-15(17-8-12)18-11-3-5-13-14(7-11)22-9-21-13/h3-8,10H,9H2,1-2H3,(H,17,18)(H,19,20). The van der Waals surface area contributed by atoms with E-state index in [0.29, 0.717) is 17.3 Å². The first kappa shape index (κ1) is 14.2. The van der Waals surface area contributed by atoms with Crippen molar-refractivity contribution in [3.63, 3.8) is 0 Å². The van der Waals surface area contributed by atoms with E-state index < -0.39 is 0 Å². The zero-order chi connectivity index (χ0) is 15.5. The zero-order valence-electron chi connectivity index (χ0n) is 12.4. The Bertz CT molecular complexity index is 684. The number of carbonyl (C=O) groups is 1. The number of benzene rings is 1. The van der Waals surface area contributed by atoms with Crippen LogP contribution < -0.4 is 20.1 Å². The van der Waals surface area contributed by atoms with Gasteiger partial charge in [-0.25, -0.2) is 4.98 Å². The molecule has 6 nitrogen and oxygen atoms in total. The molecule has 1 aromatic carbocycles. The Labute approximate surface area is 128 Å². The first-order chi connectivity index (χ1) is 10.6. The molecule has 3 rings (SSSR count). The maximum atomic E-state index is 11.6. The summed E-state index contributed by atoms with van der Waals surface area (Å²) in [7, 11) is 0. The van der Waals surface area contributed by atoms with Crippen molar-refractivity contribution in [1.29, 1.82) is 0 Å². The molecule has 0 atom stereocenters. The molecule has 22 heavy (non-hydrogen) atoms. The highest BCUT2D eigenvalue weighted by Crippen LogP contribution is 2.34. The van der Waals surface area contributed by atoms with Gasteiger partial charge in [-0.15, -0.1) is 0 Å². The summed E-state index contributed by atoms with van der Waals surface area (Å²) in [5, 5.41) is 5.98. The number of pyridine rings is 1. The smallest absolute Gasteiger partial charge is 0.231 e. The monoisotopic (exact) mass is 299 g/mol. The minimum atomic E-state index is -0.0635. The van der Waals surface area contributed by atoms with Gasteiger partial charge in [0.15, 0.2) is 11.5 Å². The third-order valence-electron chi connectivity index (χ3n) is 3.20.